The van der Waals surface area contributed by atoms with Crippen LogP contribution in [0.4, 0.5) is 5.69 Å². The molecule has 1 amide bonds. The van der Waals surface area contributed by atoms with Crippen LogP contribution in [0.25, 0.3) is 10.8 Å². The molecule has 0 radical (unpaired) electrons. The van der Waals surface area contributed by atoms with Gasteiger partial charge >= 0.3 is 5.97 Å². The Morgan fingerprint density at radius 1 is 1.15 bits per heavy atom. The van der Waals surface area contributed by atoms with Crippen molar-refractivity contribution in [1.82, 2.24) is 0 Å². The first-order valence-corrected chi connectivity index (χ1v) is 9.39. The van der Waals surface area contributed by atoms with E-state index in [-0.39, 0.29) is 23.8 Å². The molecular formula is C21H27N2O3+. The van der Waals surface area contributed by atoms with Crippen molar-refractivity contribution < 1.29 is 19.2 Å². The van der Waals surface area contributed by atoms with Gasteiger partial charge in [-0.05, 0) is 36.8 Å². The van der Waals surface area contributed by atoms with Gasteiger partial charge in [0.2, 0.25) is 0 Å². The van der Waals surface area contributed by atoms with Crippen LogP contribution in [0.2, 0.25) is 0 Å². The van der Waals surface area contributed by atoms with Crippen LogP contribution in [-0.2, 0) is 14.3 Å². The molecule has 138 valence electrons. The highest BCUT2D eigenvalue weighted by Crippen LogP contribution is 2.19. The number of anilines is 1. The predicted molar refractivity (Wildman–Crippen MR) is 102 cm³/mol. The lowest BCUT2D eigenvalue weighted by molar-refractivity contribution is -0.919. The third kappa shape index (κ3) is 4.22. The van der Waals surface area contributed by atoms with Crippen molar-refractivity contribution in [3.05, 3.63) is 42.5 Å². The quantitative estimate of drug-likeness (QED) is 0.807. The normalized spacial score (nSPS) is 21.2. The van der Waals surface area contributed by atoms with Crippen LogP contribution in [0, 0.1) is 5.92 Å². The first-order valence-electron chi connectivity index (χ1n) is 9.39. The molecule has 1 aliphatic rings. The number of nitrogens with one attached hydrogen (secondary N) is 2. The summed E-state index contributed by atoms with van der Waals surface area (Å²) in [5, 5.41) is 5.30. The fraction of sp³-hybridized carbons (Fsp3) is 0.429. The molecule has 5 nitrogen and oxygen atoms in total. The van der Waals surface area contributed by atoms with Crippen LogP contribution in [0.15, 0.2) is 42.5 Å². The smallest absolute Gasteiger partial charge is 0.309 e. The van der Waals surface area contributed by atoms with Crippen molar-refractivity contribution in [3.63, 3.8) is 0 Å². The molecule has 0 aromatic heterocycles. The minimum Gasteiger partial charge on any atom is -0.466 e. The number of carbonyl (C=O) groups is 2. The summed E-state index contributed by atoms with van der Waals surface area (Å²) in [6.45, 7) is 5.84. The number of carbonyl (C=O) groups excluding carboxylic acids is 2. The summed E-state index contributed by atoms with van der Waals surface area (Å²) in [6.07, 6.45) is 1.56. The molecule has 2 N–H and O–H groups in total. The Bertz CT molecular complexity index is 782. The maximum absolute atomic E-state index is 12.6. The van der Waals surface area contributed by atoms with Gasteiger partial charge in [0, 0.05) is 18.5 Å². The first-order chi connectivity index (χ1) is 12.6. The van der Waals surface area contributed by atoms with Gasteiger partial charge in [-0.25, -0.2) is 0 Å². The van der Waals surface area contributed by atoms with Crippen molar-refractivity contribution >= 4 is 28.3 Å². The summed E-state index contributed by atoms with van der Waals surface area (Å²) in [4.78, 5) is 25.7. The zero-order valence-electron chi connectivity index (χ0n) is 15.5. The molecule has 26 heavy (non-hydrogen) atoms. The van der Waals surface area contributed by atoms with Crippen LogP contribution < -0.4 is 10.2 Å². The number of rotatable bonds is 5. The number of likely N-dealkylation sites (tertiary alicyclic amines) is 1. The molecule has 1 heterocycles. The summed E-state index contributed by atoms with van der Waals surface area (Å²) in [5.74, 6) is -0.0980. The molecule has 2 aromatic rings. The fourth-order valence-corrected chi connectivity index (χ4v) is 3.62. The maximum Gasteiger partial charge on any atom is 0.309 e. The molecule has 1 fully saturated rings. The minimum absolute atomic E-state index is 0.0184. The summed E-state index contributed by atoms with van der Waals surface area (Å²) < 4.78 is 5.11. The van der Waals surface area contributed by atoms with E-state index in [0.29, 0.717) is 6.61 Å². The molecule has 0 bridgehead atoms. The SMILES string of the molecule is CCOC(=O)C1CC[NH+]([C@@H](C)C(=O)Nc2ccc3ccccc3c2)CC1. The summed E-state index contributed by atoms with van der Waals surface area (Å²) in [5.41, 5.74) is 0.821. The highest BCUT2D eigenvalue weighted by atomic mass is 16.5. The van der Waals surface area contributed by atoms with E-state index in [1.165, 1.54) is 4.90 Å². The van der Waals surface area contributed by atoms with Crippen LogP contribution >= 0.6 is 0 Å². The highest BCUT2D eigenvalue weighted by molar-refractivity contribution is 5.96. The monoisotopic (exact) mass is 355 g/mol. The predicted octanol–water partition coefficient (Wildman–Crippen LogP) is 2.02. The van der Waals surface area contributed by atoms with E-state index < -0.39 is 0 Å². The molecule has 0 saturated carbocycles. The number of amides is 1. The Morgan fingerprint density at radius 3 is 2.54 bits per heavy atom. The lowest BCUT2D eigenvalue weighted by atomic mass is 9.96. The minimum atomic E-state index is -0.149. The van der Waals surface area contributed by atoms with Gasteiger partial charge < -0.3 is 15.0 Å². The second-order valence-corrected chi connectivity index (χ2v) is 6.96. The second-order valence-electron chi connectivity index (χ2n) is 6.96. The number of quaternary nitrogens is 1. The van der Waals surface area contributed by atoms with Gasteiger partial charge in [0.1, 0.15) is 0 Å². The van der Waals surface area contributed by atoms with E-state index in [2.05, 4.69) is 11.4 Å². The number of benzene rings is 2. The van der Waals surface area contributed by atoms with E-state index in [9.17, 15) is 9.59 Å². The van der Waals surface area contributed by atoms with Gasteiger partial charge in [0.25, 0.3) is 5.91 Å². The van der Waals surface area contributed by atoms with Crippen LogP contribution in [0.3, 0.4) is 0 Å². The summed E-state index contributed by atoms with van der Waals surface area (Å²) in [7, 11) is 0. The highest BCUT2D eigenvalue weighted by Gasteiger charge is 2.33. The molecule has 0 spiro atoms. The van der Waals surface area contributed by atoms with Crippen LogP contribution in [0.1, 0.15) is 26.7 Å². The van der Waals surface area contributed by atoms with Crippen molar-refractivity contribution in [2.75, 3.05) is 25.0 Å². The second kappa shape index (κ2) is 8.32. The van der Waals surface area contributed by atoms with Gasteiger partial charge in [-0.1, -0.05) is 30.3 Å². The van der Waals surface area contributed by atoms with E-state index >= 15 is 0 Å². The largest absolute Gasteiger partial charge is 0.466 e. The van der Waals surface area contributed by atoms with Crippen molar-refractivity contribution in [2.24, 2.45) is 5.92 Å². The first kappa shape index (κ1) is 18.4. The molecule has 1 aliphatic heterocycles. The number of hydrogen-bond donors (Lipinski definition) is 2. The Balaban J connectivity index is 1.57. The number of fused-ring (bicyclic) bond motifs is 1. The van der Waals surface area contributed by atoms with Crippen molar-refractivity contribution in [2.45, 2.75) is 32.7 Å². The lowest BCUT2D eigenvalue weighted by Gasteiger charge is -2.31. The Kier molecular flexibility index (Phi) is 5.89. The van der Waals surface area contributed by atoms with Crippen molar-refractivity contribution in [3.8, 4) is 0 Å². The van der Waals surface area contributed by atoms with Crippen LogP contribution in [-0.4, -0.2) is 37.6 Å². The zero-order chi connectivity index (χ0) is 18.5. The molecule has 3 rings (SSSR count). The maximum atomic E-state index is 12.6. The van der Waals surface area contributed by atoms with Gasteiger partial charge in [-0.15, -0.1) is 0 Å². The summed E-state index contributed by atoms with van der Waals surface area (Å²) >= 11 is 0. The Labute approximate surface area is 154 Å². The summed E-state index contributed by atoms with van der Waals surface area (Å²) in [6, 6.07) is 13.9. The van der Waals surface area contributed by atoms with E-state index in [1.807, 2.05) is 50.2 Å². The molecule has 1 atom stereocenters. The molecule has 0 unspecified atom stereocenters. The number of ether oxygens (including phenoxy) is 1. The third-order valence-corrected chi connectivity index (χ3v) is 5.27. The van der Waals surface area contributed by atoms with Gasteiger partial charge in [0.15, 0.2) is 6.04 Å². The standard InChI is InChI=1S/C21H26N2O3/c1-3-26-21(25)17-10-12-23(13-11-17)15(2)20(24)22-19-9-8-16-6-4-5-7-18(16)14-19/h4-9,14-15,17H,3,10-13H2,1-2H3,(H,22,24)/p+1/t15-/m0/s1. The van der Waals surface area contributed by atoms with E-state index in [1.54, 1.807) is 0 Å². The van der Waals surface area contributed by atoms with Gasteiger partial charge in [-0.3, -0.25) is 9.59 Å². The molecular weight excluding hydrogens is 328 g/mol. The molecule has 5 heteroatoms. The Morgan fingerprint density at radius 2 is 1.85 bits per heavy atom. The number of piperidine rings is 1. The molecule has 2 aromatic carbocycles. The number of esters is 1. The lowest BCUT2D eigenvalue weighted by Crippen LogP contribution is -3.17. The van der Waals surface area contributed by atoms with E-state index in [0.717, 1.165) is 42.4 Å². The fourth-order valence-electron chi connectivity index (χ4n) is 3.62. The topological polar surface area (TPSA) is 59.8 Å². The third-order valence-electron chi connectivity index (χ3n) is 5.27. The van der Waals surface area contributed by atoms with Crippen LogP contribution in [0.5, 0.6) is 0 Å². The van der Waals surface area contributed by atoms with Gasteiger partial charge in [-0.2, -0.15) is 0 Å². The van der Waals surface area contributed by atoms with Crippen molar-refractivity contribution in [1.29, 1.82) is 0 Å². The molecule has 0 aliphatic carbocycles. The molecule has 1 saturated heterocycles. The van der Waals surface area contributed by atoms with E-state index in [4.69, 9.17) is 4.74 Å². The Hall–Kier alpha value is -2.40. The van der Waals surface area contributed by atoms with Gasteiger partial charge in [0.05, 0.1) is 25.6 Å². The zero-order valence-corrected chi connectivity index (χ0v) is 15.5. The number of hydrogen-bond acceptors (Lipinski definition) is 3. The average Bonchev–Trinajstić information content (AvgIpc) is 2.67. The average molecular weight is 355 g/mol.